The molecule has 0 aliphatic rings. The van der Waals surface area contributed by atoms with E-state index in [4.69, 9.17) is 27.9 Å². The summed E-state index contributed by atoms with van der Waals surface area (Å²) in [7, 11) is 0. The molecule has 0 amide bonds. The fourth-order valence-corrected chi connectivity index (χ4v) is 1.75. The van der Waals surface area contributed by atoms with Crippen LogP contribution in [0.4, 0.5) is 0 Å². The molecule has 0 heterocycles. The van der Waals surface area contributed by atoms with Gasteiger partial charge in [-0.1, -0.05) is 57.0 Å². The molecule has 0 radical (unpaired) electrons. The number of ether oxygens (including phenoxy) is 1. The first kappa shape index (κ1) is 15.6. The first-order valence-corrected chi connectivity index (χ1v) is 6.87. The lowest BCUT2D eigenvalue weighted by Crippen LogP contribution is -2.37. The average molecular weight is 290 g/mol. The van der Waals surface area contributed by atoms with Gasteiger partial charge in [0, 0.05) is 18.0 Å². The monoisotopic (exact) mass is 289 g/mol. The molecule has 0 atom stereocenters. The molecule has 0 fully saturated rings. The molecule has 18 heavy (non-hydrogen) atoms. The summed E-state index contributed by atoms with van der Waals surface area (Å²) in [6.07, 6.45) is 0. The molecule has 102 valence electrons. The molecule has 1 rings (SSSR count). The third kappa shape index (κ3) is 5.05. The zero-order chi connectivity index (χ0) is 13.8. The standard InChI is InChI=1S/C14H21Cl2NO/c1-10(2)17-8-14(3,4)9-18-12-7-5-6-11(15)13(12)16/h5-7,10,17H,8-9H2,1-4H3. The van der Waals surface area contributed by atoms with Crippen molar-refractivity contribution in [1.82, 2.24) is 5.32 Å². The molecule has 1 N–H and O–H groups in total. The van der Waals surface area contributed by atoms with Crippen LogP contribution >= 0.6 is 23.2 Å². The Hall–Kier alpha value is -0.440. The first-order valence-electron chi connectivity index (χ1n) is 6.12. The lowest BCUT2D eigenvalue weighted by atomic mass is 9.94. The maximum absolute atomic E-state index is 6.08. The Morgan fingerprint density at radius 1 is 1.28 bits per heavy atom. The van der Waals surface area contributed by atoms with Crippen LogP contribution in [0.3, 0.4) is 0 Å². The van der Waals surface area contributed by atoms with E-state index in [1.807, 2.05) is 12.1 Å². The van der Waals surface area contributed by atoms with Crippen LogP contribution in [0.1, 0.15) is 27.7 Å². The van der Waals surface area contributed by atoms with Gasteiger partial charge in [0.05, 0.1) is 11.6 Å². The number of hydrogen-bond acceptors (Lipinski definition) is 2. The SMILES string of the molecule is CC(C)NCC(C)(C)COc1cccc(Cl)c1Cl. The van der Waals surface area contributed by atoms with Gasteiger partial charge in [-0.25, -0.2) is 0 Å². The summed E-state index contributed by atoms with van der Waals surface area (Å²) in [5.74, 6) is 0.641. The largest absolute Gasteiger partial charge is 0.491 e. The topological polar surface area (TPSA) is 21.3 Å². The Morgan fingerprint density at radius 2 is 1.94 bits per heavy atom. The molecular formula is C14H21Cl2NO. The van der Waals surface area contributed by atoms with Crippen LogP contribution in [0.2, 0.25) is 10.0 Å². The highest BCUT2D eigenvalue weighted by Gasteiger charge is 2.20. The van der Waals surface area contributed by atoms with Crippen molar-refractivity contribution in [3.63, 3.8) is 0 Å². The van der Waals surface area contributed by atoms with Crippen molar-refractivity contribution in [2.24, 2.45) is 5.41 Å². The first-order chi connectivity index (χ1) is 8.32. The number of halogens is 2. The minimum absolute atomic E-state index is 0.0376. The molecule has 0 unspecified atom stereocenters. The van der Waals surface area contributed by atoms with E-state index >= 15 is 0 Å². The van der Waals surface area contributed by atoms with Crippen LogP contribution in [-0.2, 0) is 0 Å². The van der Waals surface area contributed by atoms with Gasteiger partial charge in [0.25, 0.3) is 0 Å². The summed E-state index contributed by atoms with van der Waals surface area (Å²) in [5.41, 5.74) is 0.0376. The third-order valence-electron chi connectivity index (χ3n) is 2.52. The molecule has 0 saturated carbocycles. The predicted molar refractivity (Wildman–Crippen MR) is 78.9 cm³/mol. The third-order valence-corrected chi connectivity index (χ3v) is 3.33. The number of benzene rings is 1. The summed E-state index contributed by atoms with van der Waals surface area (Å²) in [6.45, 7) is 10.0. The van der Waals surface area contributed by atoms with Gasteiger partial charge in [-0.05, 0) is 12.1 Å². The van der Waals surface area contributed by atoms with E-state index < -0.39 is 0 Å². The van der Waals surface area contributed by atoms with Crippen molar-refractivity contribution in [1.29, 1.82) is 0 Å². The van der Waals surface area contributed by atoms with E-state index in [0.717, 1.165) is 6.54 Å². The lowest BCUT2D eigenvalue weighted by molar-refractivity contribution is 0.173. The molecule has 0 aliphatic carbocycles. The predicted octanol–water partition coefficient (Wildman–Crippen LogP) is 4.40. The summed E-state index contributed by atoms with van der Waals surface area (Å²) in [6, 6.07) is 5.89. The quantitative estimate of drug-likeness (QED) is 0.838. The molecule has 0 spiro atoms. The van der Waals surface area contributed by atoms with Crippen molar-refractivity contribution in [2.75, 3.05) is 13.2 Å². The van der Waals surface area contributed by atoms with Crippen LogP contribution in [-0.4, -0.2) is 19.2 Å². The van der Waals surface area contributed by atoms with Crippen LogP contribution in [0.25, 0.3) is 0 Å². The molecule has 4 heteroatoms. The highest BCUT2D eigenvalue weighted by molar-refractivity contribution is 6.42. The highest BCUT2D eigenvalue weighted by atomic mass is 35.5. The second-order valence-electron chi connectivity index (χ2n) is 5.54. The molecule has 1 aromatic carbocycles. The van der Waals surface area contributed by atoms with Crippen molar-refractivity contribution in [3.8, 4) is 5.75 Å². The molecule has 1 aromatic rings. The van der Waals surface area contributed by atoms with Crippen molar-refractivity contribution in [3.05, 3.63) is 28.2 Å². The zero-order valence-corrected chi connectivity index (χ0v) is 12.9. The molecule has 2 nitrogen and oxygen atoms in total. The molecule has 0 aromatic heterocycles. The highest BCUT2D eigenvalue weighted by Crippen LogP contribution is 2.32. The van der Waals surface area contributed by atoms with E-state index in [1.54, 1.807) is 6.07 Å². The summed E-state index contributed by atoms with van der Waals surface area (Å²) < 4.78 is 5.76. The van der Waals surface area contributed by atoms with Gasteiger partial charge in [-0.2, -0.15) is 0 Å². The fraction of sp³-hybridized carbons (Fsp3) is 0.571. The van der Waals surface area contributed by atoms with Gasteiger partial charge in [-0.15, -0.1) is 0 Å². The minimum Gasteiger partial charge on any atom is -0.491 e. The van der Waals surface area contributed by atoms with Crippen LogP contribution in [0.5, 0.6) is 5.75 Å². The summed E-state index contributed by atoms with van der Waals surface area (Å²) >= 11 is 12.0. The number of nitrogens with one attached hydrogen (secondary N) is 1. The summed E-state index contributed by atoms with van der Waals surface area (Å²) in [5, 5.41) is 4.41. The van der Waals surface area contributed by atoms with E-state index in [9.17, 15) is 0 Å². The van der Waals surface area contributed by atoms with Crippen LogP contribution in [0.15, 0.2) is 18.2 Å². The van der Waals surface area contributed by atoms with E-state index in [-0.39, 0.29) is 5.41 Å². The second-order valence-corrected chi connectivity index (χ2v) is 6.33. The van der Waals surface area contributed by atoms with E-state index in [0.29, 0.717) is 28.4 Å². The molecule has 0 bridgehead atoms. The minimum atomic E-state index is 0.0376. The second kappa shape index (κ2) is 6.65. The van der Waals surface area contributed by atoms with Crippen LogP contribution in [0, 0.1) is 5.41 Å². The van der Waals surface area contributed by atoms with Gasteiger partial charge >= 0.3 is 0 Å². The Kier molecular flexibility index (Phi) is 5.77. The summed E-state index contributed by atoms with van der Waals surface area (Å²) in [4.78, 5) is 0. The molecule has 0 saturated heterocycles. The maximum atomic E-state index is 6.08. The van der Waals surface area contributed by atoms with E-state index in [1.165, 1.54) is 0 Å². The van der Waals surface area contributed by atoms with Gasteiger partial charge < -0.3 is 10.1 Å². The van der Waals surface area contributed by atoms with Crippen LogP contribution < -0.4 is 10.1 Å². The van der Waals surface area contributed by atoms with Crippen molar-refractivity contribution in [2.45, 2.75) is 33.7 Å². The normalized spacial score (nSPS) is 11.9. The number of hydrogen-bond donors (Lipinski definition) is 1. The van der Waals surface area contributed by atoms with Crippen molar-refractivity contribution >= 4 is 23.2 Å². The number of rotatable bonds is 6. The zero-order valence-electron chi connectivity index (χ0n) is 11.4. The van der Waals surface area contributed by atoms with Gasteiger partial charge in [-0.3, -0.25) is 0 Å². The van der Waals surface area contributed by atoms with Gasteiger partial charge in [0.2, 0.25) is 0 Å². The Bertz CT molecular complexity index is 391. The van der Waals surface area contributed by atoms with Gasteiger partial charge in [0.15, 0.2) is 0 Å². The Morgan fingerprint density at radius 3 is 2.56 bits per heavy atom. The smallest absolute Gasteiger partial charge is 0.139 e. The van der Waals surface area contributed by atoms with E-state index in [2.05, 4.69) is 33.0 Å². The van der Waals surface area contributed by atoms with Crippen molar-refractivity contribution < 1.29 is 4.74 Å². The van der Waals surface area contributed by atoms with Gasteiger partial charge in [0.1, 0.15) is 10.8 Å². The average Bonchev–Trinajstić information content (AvgIpc) is 2.29. The Balaban J connectivity index is 2.56. The lowest BCUT2D eigenvalue weighted by Gasteiger charge is -2.26. The molecular weight excluding hydrogens is 269 g/mol. The maximum Gasteiger partial charge on any atom is 0.139 e. The Labute approximate surface area is 120 Å². The fourth-order valence-electron chi connectivity index (χ4n) is 1.40. The molecule has 0 aliphatic heterocycles.